The Kier molecular flexibility index (Phi) is 1.84. The van der Waals surface area contributed by atoms with E-state index in [1.165, 1.54) is 0 Å². The van der Waals surface area contributed by atoms with E-state index in [-0.39, 0.29) is 0 Å². The quantitative estimate of drug-likeness (QED) is 0.630. The largest absolute Gasteiger partial charge is 0.389 e. The predicted molar refractivity (Wildman–Crippen MR) is 49.7 cm³/mol. The minimum Gasteiger partial charge on any atom is -0.389 e. The van der Waals surface area contributed by atoms with Crippen molar-refractivity contribution in [3.63, 3.8) is 0 Å². The Morgan fingerprint density at radius 3 is 2.17 bits per heavy atom. The molecular weight excluding hydrogens is 148 g/mol. The van der Waals surface area contributed by atoms with E-state index in [2.05, 4.69) is 31.2 Å². The zero-order valence-corrected chi connectivity index (χ0v) is 7.53. The van der Waals surface area contributed by atoms with Crippen LogP contribution in [0.1, 0.15) is 26.2 Å². The van der Waals surface area contributed by atoms with Gasteiger partial charge < -0.3 is 5.11 Å². The molecule has 1 heteroatoms. The van der Waals surface area contributed by atoms with E-state index in [1.807, 2.05) is 0 Å². The van der Waals surface area contributed by atoms with Crippen LogP contribution in [0.2, 0.25) is 0 Å². The van der Waals surface area contributed by atoms with Gasteiger partial charge >= 0.3 is 0 Å². The minimum atomic E-state index is -0.441. The Labute approximate surface area is 73.8 Å². The Morgan fingerprint density at radius 1 is 1.25 bits per heavy atom. The third-order valence-electron chi connectivity index (χ3n) is 3.44. The average molecular weight is 164 g/mol. The molecule has 2 atom stereocenters. The van der Waals surface area contributed by atoms with Crippen molar-refractivity contribution < 1.29 is 5.11 Å². The Balaban J connectivity index is 2.34. The van der Waals surface area contributed by atoms with Gasteiger partial charge in [-0.25, -0.2) is 0 Å². The number of aliphatic hydroxyl groups is 1. The number of hydrogen-bond donors (Lipinski definition) is 1. The predicted octanol–water partition coefficient (Wildman–Crippen LogP) is 2.28. The maximum atomic E-state index is 10.4. The van der Waals surface area contributed by atoms with Crippen LogP contribution in [0, 0.1) is 11.8 Å². The summed E-state index contributed by atoms with van der Waals surface area (Å²) in [5, 5.41) is 10.4. The summed E-state index contributed by atoms with van der Waals surface area (Å²) in [4.78, 5) is 0. The van der Waals surface area contributed by atoms with Crippen molar-refractivity contribution in [3.05, 3.63) is 24.3 Å². The van der Waals surface area contributed by atoms with Gasteiger partial charge in [-0.05, 0) is 19.3 Å². The van der Waals surface area contributed by atoms with Gasteiger partial charge in [-0.1, -0.05) is 31.2 Å². The molecule has 1 nitrogen and oxygen atoms in total. The van der Waals surface area contributed by atoms with Gasteiger partial charge in [0.05, 0.1) is 5.60 Å². The van der Waals surface area contributed by atoms with Gasteiger partial charge in [-0.3, -0.25) is 0 Å². The van der Waals surface area contributed by atoms with E-state index in [0.717, 1.165) is 19.3 Å². The van der Waals surface area contributed by atoms with Gasteiger partial charge in [0.1, 0.15) is 0 Å². The van der Waals surface area contributed by atoms with Crippen LogP contribution in [-0.4, -0.2) is 10.7 Å². The molecule has 2 unspecified atom stereocenters. The molecule has 0 aromatic heterocycles. The highest BCUT2D eigenvalue weighted by molar-refractivity contribution is 5.20. The lowest BCUT2D eigenvalue weighted by Gasteiger charge is -2.30. The molecule has 1 saturated carbocycles. The van der Waals surface area contributed by atoms with Crippen LogP contribution in [0.4, 0.5) is 0 Å². The smallest absolute Gasteiger partial charge is 0.0769 e. The van der Waals surface area contributed by atoms with Gasteiger partial charge in [-0.15, -0.1) is 0 Å². The molecule has 2 rings (SSSR count). The van der Waals surface area contributed by atoms with Gasteiger partial charge in [-0.2, -0.15) is 0 Å². The van der Waals surface area contributed by atoms with Crippen molar-refractivity contribution in [1.29, 1.82) is 0 Å². The van der Waals surface area contributed by atoms with Crippen molar-refractivity contribution >= 4 is 0 Å². The lowest BCUT2D eigenvalue weighted by atomic mass is 9.82. The first-order chi connectivity index (χ1) is 5.77. The third kappa shape index (κ3) is 0.962. The maximum Gasteiger partial charge on any atom is 0.0769 e. The molecule has 1 fully saturated rings. The first-order valence-corrected chi connectivity index (χ1v) is 4.84. The molecule has 0 aliphatic heterocycles. The van der Waals surface area contributed by atoms with Crippen molar-refractivity contribution in [2.75, 3.05) is 0 Å². The second-order valence-electron chi connectivity index (χ2n) is 3.90. The van der Waals surface area contributed by atoms with Crippen molar-refractivity contribution in [2.24, 2.45) is 11.8 Å². The Morgan fingerprint density at radius 2 is 1.75 bits per heavy atom. The summed E-state index contributed by atoms with van der Waals surface area (Å²) in [6, 6.07) is 0. The van der Waals surface area contributed by atoms with Crippen molar-refractivity contribution in [3.8, 4) is 0 Å². The summed E-state index contributed by atoms with van der Waals surface area (Å²) in [7, 11) is 0. The number of allylic oxidation sites excluding steroid dienone is 2. The second kappa shape index (κ2) is 2.74. The van der Waals surface area contributed by atoms with Crippen LogP contribution in [0.3, 0.4) is 0 Å². The SMILES string of the molecule is CCC1(O)C2C=CC=CC1CC2. The highest BCUT2D eigenvalue weighted by Crippen LogP contribution is 2.45. The van der Waals surface area contributed by atoms with Crippen LogP contribution in [0.5, 0.6) is 0 Å². The highest BCUT2D eigenvalue weighted by Gasteiger charge is 2.45. The van der Waals surface area contributed by atoms with E-state index in [0.29, 0.717) is 11.8 Å². The van der Waals surface area contributed by atoms with Crippen LogP contribution in [0.15, 0.2) is 24.3 Å². The number of hydrogen-bond acceptors (Lipinski definition) is 1. The molecule has 0 aromatic rings. The standard InChI is InChI=1S/C11H16O/c1-2-11(12)9-5-3-4-6-10(11)8-7-9/h3-6,9-10,12H,2,7-8H2,1H3. The van der Waals surface area contributed by atoms with Crippen LogP contribution < -0.4 is 0 Å². The maximum absolute atomic E-state index is 10.4. The van der Waals surface area contributed by atoms with Gasteiger partial charge in [0, 0.05) is 11.8 Å². The monoisotopic (exact) mass is 164 g/mol. The first-order valence-electron chi connectivity index (χ1n) is 4.84. The van der Waals surface area contributed by atoms with E-state index in [1.54, 1.807) is 0 Å². The third-order valence-corrected chi connectivity index (χ3v) is 3.44. The zero-order valence-electron chi connectivity index (χ0n) is 7.53. The van der Waals surface area contributed by atoms with E-state index < -0.39 is 5.60 Å². The molecule has 0 radical (unpaired) electrons. The molecule has 2 bridgehead atoms. The lowest BCUT2D eigenvalue weighted by Crippen LogP contribution is -2.36. The molecule has 0 saturated heterocycles. The summed E-state index contributed by atoms with van der Waals surface area (Å²) in [6.07, 6.45) is 11.6. The molecule has 66 valence electrons. The first kappa shape index (κ1) is 8.06. The summed E-state index contributed by atoms with van der Waals surface area (Å²) in [5.41, 5.74) is -0.441. The summed E-state index contributed by atoms with van der Waals surface area (Å²) in [5.74, 6) is 0.782. The summed E-state index contributed by atoms with van der Waals surface area (Å²) < 4.78 is 0. The fourth-order valence-electron chi connectivity index (χ4n) is 2.58. The summed E-state index contributed by atoms with van der Waals surface area (Å²) in [6.45, 7) is 2.08. The second-order valence-corrected chi connectivity index (χ2v) is 3.90. The van der Waals surface area contributed by atoms with Gasteiger partial charge in [0.25, 0.3) is 0 Å². The van der Waals surface area contributed by atoms with Crippen molar-refractivity contribution in [2.45, 2.75) is 31.8 Å². The number of fused-ring (bicyclic) bond motifs is 2. The minimum absolute atomic E-state index is 0.391. The van der Waals surface area contributed by atoms with E-state index in [9.17, 15) is 5.11 Å². The fourth-order valence-corrected chi connectivity index (χ4v) is 2.58. The van der Waals surface area contributed by atoms with Crippen molar-refractivity contribution in [1.82, 2.24) is 0 Å². The van der Waals surface area contributed by atoms with Gasteiger partial charge in [0.2, 0.25) is 0 Å². The average Bonchev–Trinajstić information content (AvgIpc) is 2.23. The molecule has 0 amide bonds. The van der Waals surface area contributed by atoms with E-state index in [4.69, 9.17) is 0 Å². The molecule has 0 heterocycles. The molecular formula is C11H16O. The van der Waals surface area contributed by atoms with Gasteiger partial charge in [0.15, 0.2) is 0 Å². The molecule has 0 aromatic carbocycles. The number of rotatable bonds is 1. The highest BCUT2D eigenvalue weighted by atomic mass is 16.3. The zero-order chi connectivity index (χ0) is 8.60. The molecule has 1 N–H and O–H groups in total. The topological polar surface area (TPSA) is 20.2 Å². The van der Waals surface area contributed by atoms with Crippen LogP contribution in [-0.2, 0) is 0 Å². The lowest BCUT2D eigenvalue weighted by molar-refractivity contribution is -0.00983. The molecule has 12 heavy (non-hydrogen) atoms. The fraction of sp³-hybridized carbons (Fsp3) is 0.636. The Bertz CT molecular complexity index is 207. The van der Waals surface area contributed by atoms with Crippen LogP contribution in [0.25, 0.3) is 0 Å². The molecule has 2 aliphatic rings. The van der Waals surface area contributed by atoms with E-state index >= 15 is 0 Å². The molecule has 2 aliphatic carbocycles. The Hall–Kier alpha value is -0.560. The summed E-state index contributed by atoms with van der Waals surface area (Å²) >= 11 is 0. The van der Waals surface area contributed by atoms with Crippen LogP contribution >= 0.6 is 0 Å². The normalized spacial score (nSPS) is 44.8. The molecule has 0 spiro atoms.